The predicted molar refractivity (Wildman–Crippen MR) is 61.0 cm³/mol. The number of hydrazine groups is 1. The summed E-state index contributed by atoms with van der Waals surface area (Å²) < 4.78 is 18.9. The fourth-order valence-electron chi connectivity index (χ4n) is 1.70. The Hall–Kier alpha value is -1.46. The summed E-state index contributed by atoms with van der Waals surface area (Å²) in [5.41, 5.74) is 3.23. The topological polar surface area (TPSA) is 41.6 Å². The Bertz CT molecular complexity index is 417. The number of ether oxygens (including phenoxy) is 1. The fraction of sp³-hybridized carbons (Fsp3) is 0.417. The van der Waals surface area contributed by atoms with Crippen molar-refractivity contribution in [3.05, 3.63) is 35.1 Å². The normalized spacial score (nSPS) is 16.8. The van der Waals surface area contributed by atoms with Gasteiger partial charge in [0.1, 0.15) is 5.82 Å². The summed E-state index contributed by atoms with van der Waals surface area (Å²) >= 11 is 0. The average molecular weight is 238 g/mol. The van der Waals surface area contributed by atoms with Crippen molar-refractivity contribution < 1.29 is 13.9 Å². The summed E-state index contributed by atoms with van der Waals surface area (Å²) in [5, 5.41) is 1.74. The Labute approximate surface area is 99.3 Å². The van der Waals surface area contributed by atoms with Crippen LogP contribution in [-0.4, -0.2) is 37.2 Å². The monoisotopic (exact) mass is 238 g/mol. The molecule has 0 radical (unpaired) electrons. The van der Waals surface area contributed by atoms with Gasteiger partial charge in [-0.05, 0) is 18.6 Å². The zero-order valence-corrected chi connectivity index (χ0v) is 9.70. The van der Waals surface area contributed by atoms with Crippen LogP contribution in [0.1, 0.15) is 15.9 Å². The lowest BCUT2D eigenvalue weighted by molar-refractivity contribution is 0.0125. The molecule has 1 N–H and O–H groups in total. The van der Waals surface area contributed by atoms with Gasteiger partial charge in [-0.2, -0.15) is 0 Å². The molecule has 1 aromatic rings. The fourth-order valence-corrected chi connectivity index (χ4v) is 1.70. The molecule has 1 heterocycles. The summed E-state index contributed by atoms with van der Waals surface area (Å²) in [6, 6.07) is 4.80. The maximum absolute atomic E-state index is 13.7. The standard InChI is InChI=1S/C12H15FN2O2/c1-9-3-2-4-10(11(9)13)12(16)14-15-5-7-17-8-6-15/h2-4H,5-8H2,1H3,(H,14,16). The average Bonchev–Trinajstić information content (AvgIpc) is 2.34. The van der Waals surface area contributed by atoms with E-state index in [0.717, 1.165) is 0 Å². The van der Waals surface area contributed by atoms with E-state index >= 15 is 0 Å². The molecule has 1 aliphatic rings. The van der Waals surface area contributed by atoms with Crippen molar-refractivity contribution in [2.45, 2.75) is 6.92 Å². The first-order valence-corrected chi connectivity index (χ1v) is 5.57. The van der Waals surface area contributed by atoms with Gasteiger partial charge in [0.25, 0.3) is 5.91 Å². The molecule has 1 saturated heterocycles. The van der Waals surface area contributed by atoms with Gasteiger partial charge >= 0.3 is 0 Å². The second-order valence-corrected chi connectivity index (χ2v) is 3.98. The predicted octanol–water partition coefficient (Wildman–Crippen LogP) is 1.11. The second-order valence-electron chi connectivity index (χ2n) is 3.98. The van der Waals surface area contributed by atoms with E-state index in [1.807, 2.05) is 0 Å². The van der Waals surface area contributed by atoms with E-state index in [0.29, 0.717) is 31.9 Å². The van der Waals surface area contributed by atoms with E-state index < -0.39 is 11.7 Å². The first-order valence-electron chi connectivity index (χ1n) is 5.57. The highest BCUT2D eigenvalue weighted by Gasteiger charge is 2.17. The minimum atomic E-state index is -0.460. The van der Waals surface area contributed by atoms with Crippen LogP contribution < -0.4 is 5.43 Å². The number of aryl methyl sites for hydroxylation is 1. The molecule has 1 aliphatic heterocycles. The molecule has 17 heavy (non-hydrogen) atoms. The van der Waals surface area contributed by atoms with Gasteiger partial charge in [0.15, 0.2) is 0 Å². The van der Waals surface area contributed by atoms with Crippen molar-refractivity contribution in [1.82, 2.24) is 10.4 Å². The summed E-state index contributed by atoms with van der Waals surface area (Å²) in [6.07, 6.45) is 0. The van der Waals surface area contributed by atoms with Crippen molar-refractivity contribution in [2.24, 2.45) is 0 Å². The zero-order chi connectivity index (χ0) is 12.3. The quantitative estimate of drug-likeness (QED) is 0.839. The highest BCUT2D eigenvalue weighted by molar-refractivity contribution is 5.94. The van der Waals surface area contributed by atoms with E-state index in [1.54, 1.807) is 24.1 Å². The number of hydrogen-bond acceptors (Lipinski definition) is 3. The molecule has 1 amide bonds. The number of nitrogens with zero attached hydrogens (tertiary/aromatic N) is 1. The lowest BCUT2D eigenvalue weighted by Gasteiger charge is -2.27. The number of amides is 1. The third-order valence-corrected chi connectivity index (χ3v) is 2.71. The molecule has 0 aliphatic carbocycles. The maximum atomic E-state index is 13.7. The summed E-state index contributed by atoms with van der Waals surface area (Å²) in [6.45, 7) is 4.05. The molecule has 92 valence electrons. The molecular weight excluding hydrogens is 223 g/mol. The Morgan fingerprint density at radius 2 is 2.12 bits per heavy atom. The van der Waals surface area contributed by atoms with Gasteiger partial charge < -0.3 is 4.74 Å². The molecule has 0 bridgehead atoms. The van der Waals surface area contributed by atoms with Crippen LogP contribution in [0.4, 0.5) is 4.39 Å². The Morgan fingerprint density at radius 1 is 1.41 bits per heavy atom. The van der Waals surface area contributed by atoms with Gasteiger partial charge in [-0.3, -0.25) is 10.2 Å². The molecule has 0 aromatic heterocycles. The van der Waals surface area contributed by atoms with Crippen LogP contribution in [0.15, 0.2) is 18.2 Å². The number of nitrogens with one attached hydrogen (secondary N) is 1. The number of rotatable bonds is 2. The van der Waals surface area contributed by atoms with Crippen molar-refractivity contribution in [1.29, 1.82) is 0 Å². The third-order valence-electron chi connectivity index (χ3n) is 2.71. The van der Waals surface area contributed by atoms with Crippen LogP contribution in [-0.2, 0) is 4.74 Å². The van der Waals surface area contributed by atoms with Crippen molar-refractivity contribution >= 4 is 5.91 Å². The van der Waals surface area contributed by atoms with Crippen LogP contribution in [0.3, 0.4) is 0 Å². The highest BCUT2D eigenvalue weighted by Crippen LogP contribution is 2.11. The molecule has 0 spiro atoms. The van der Waals surface area contributed by atoms with Crippen LogP contribution in [0.25, 0.3) is 0 Å². The van der Waals surface area contributed by atoms with Crippen LogP contribution in [0, 0.1) is 12.7 Å². The van der Waals surface area contributed by atoms with Gasteiger partial charge in [-0.25, -0.2) is 9.40 Å². The third kappa shape index (κ3) is 2.81. The van der Waals surface area contributed by atoms with Crippen LogP contribution >= 0.6 is 0 Å². The molecular formula is C12H15FN2O2. The van der Waals surface area contributed by atoms with Crippen molar-refractivity contribution in [3.8, 4) is 0 Å². The summed E-state index contributed by atoms with van der Waals surface area (Å²) in [4.78, 5) is 11.9. The summed E-state index contributed by atoms with van der Waals surface area (Å²) in [5.74, 6) is -0.869. The minimum absolute atomic E-state index is 0.0801. The van der Waals surface area contributed by atoms with Crippen LogP contribution in [0.5, 0.6) is 0 Å². The summed E-state index contributed by atoms with van der Waals surface area (Å²) in [7, 11) is 0. The number of morpholine rings is 1. The molecule has 1 fully saturated rings. The maximum Gasteiger partial charge on any atom is 0.268 e. The first kappa shape index (κ1) is 12.0. The molecule has 0 saturated carbocycles. The lowest BCUT2D eigenvalue weighted by Crippen LogP contribution is -2.48. The molecule has 5 heteroatoms. The van der Waals surface area contributed by atoms with E-state index in [9.17, 15) is 9.18 Å². The minimum Gasteiger partial charge on any atom is -0.379 e. The Kier molecular flexibility index (Phi) is 3.71. The number of halogens is 1. The highest BCUT2D eigenvalue weighted by atomic mass is 19.1. The Morgan fingerprint density at radius 3 is 2.82 bits per heavy atom. The van der Waals surface area contributed by atoms with Gasteiger partial charge in [0.05, 0.1) is 18.8 Å². The molecule has 4 nitrogen and oxygen atoms in total. The number of carbonyl (C=O) groups is 1. The largest absolute Gasteiger partial charge is 0.379 e. The van der Waals surface area contributed by atoms with Crippen LogP contribution in [0.2, 0.25) is 0 Å². The molecule has 1 aromatic carbocycles. The number of hydrogen-bond donors (Lipinski definition) is 1. The first-order chi connectivity index (χ1) is 8.18. The molecule has 0 atom stereocenters. The van der Waals surface area contributed by atoms with E-state index in [-0.39, 0.29) is 5.56 Å². The SMILES string of the molecule is Cc1cccc(C(=O)NN2CCOCC2)c1F. The smallest absolute Gasteiger partial charge is 0.268 e. The van der Waals surface area contributed by atoms with E-state index in [2.05, 4.69) is 5.43 Å². The Balaban J connectivity index is 2.06. The van der Waals surface area contributed by atoms with Gasteiger partial charge in [-0.1, -0.05) is 12.1 Å². The van der Waals surface area contributed by atoms with E-state index in [4.69, 9.17) is 4.74 Å². The van der Waals surface area contributed by atoms with Gasteiger partial charge in [0, 0.05) is 13.1 Å². The zero-order valence-electron chi connectivity index (χ0n) is 9.70. The number of benzene rings is 1. The second kappa shape index (κ2) is 5.25. The van der Waals surface area contributed by atoms with Gasteiger partial charge in [0.2, 0.25) is 0 Å². The van der Waals surface area contributed by atoms with Crippen molar-refractivity contribution in [3.63, 3.8) is 0 Å². The molecule has 0 unspecified atom stereocenters. The number of carbonyl (C=O) groups excluding carboxylic acids is 1. The lowest BCUT2D eigenvalue weighted by atomic mass is 10.1. The van der Waals surface area contributed by atoms with E-state index in [1.165, 1.54) is 6.07 Å². The van der Waals surface area contributed by atoms with Gasteiger partial charge in [-0.15, -0.1) is 0 Å². The van der Waals surface area contributed by atoms with Crippen molar-refractivity contribution in [2.75, 3.05) is 26.3 Å². The molecule has 2 rings (SSSR count).